The number of ether oxygens (including phenoxy) is 2. The molecule has 0 N–H and O–H groups in total. The zero-order valence-corrected chi connectivity index (χ0v) is 14.9. The van der Waals surface area contributed by atoms with Crippen molar-refractivity contribution in [2.24, 2.45) is 0 Å². The molecule has 2 heterocycles. The van der Waals surface area contributed by atoms with Crippen molar-refractivity contribution in [3.05, 3.63) is 59.7 Å². The molecule has 1 saturated heterocycles. The van der Waals surface area contributed by atoms with Gasteiger partial charge in [0.1, 0.15) is 23.5 Å². The van der Waals surface area contributed by atoms with Gasteiger partial charge in [0.15, 0.2) is 0 Å². The Kier molecular flexibility index (Phi) is 5.30. The number of para-hydroxylation sites is 2. The molecule has 0 bridgehead atoms. The first kappa shape index (κ1) is 17.8. The summed E-state index contributed by atoms with van der Waals surface area (Å²) in [5.41, 5.74) is 1.77. The third kappa shape index (κ3) is 3.51. The number of fused-ring (bicyclic) bond motifs is 2. The largest absolute Gasteiger partial charge is 1.00 e. The van der Waals surface area contributed by atoms with Crippen molar-refractivity contribution in [3.63, 3.8) is 0 Å². The van der Waals surface area contributed by atoms with Gasteiger partial charge in [-0.3, -0.25) is 4.79 Å². The molecule has 2 aromatic rings. The van der Waals surface area contributed by atoms with Crippen LogP contribution in [0.1, 0.15) is 29.9 Å². The molecule has 0 saturated carbocycles. The summed E-state index contributed by atoms with van der Waals surface area (Å²) in [5.74, 6) is 0.890. The first-order valence-electron chi connectivity index (χ1n) is 8.47. The molecule has 2 aliphatic heterocycles. The highest BCUT2D eigenvalue weighted by molar-refractivity contribution is 5.85. The highest BCUT2D eigenvalue weighted by Crippen LogP contribution is 2.44. The molecular formula is C20H21ClNO3-. The first-order chi connectivity index (χ1) is 11.7. The molecule has 4 nitrogen and oxygen atoms in total. The topological polar surface area (TPSA) is 38.8 Å². The fourth-order valence-corrected chi connectivity index (χ4v) is 3.50. The lowest BCUT2D eigenvalue weighted by molar-refractivity contribution is -0.152. The summed E-state index contributed by atoms with van der Waals surface area (Å²) < 4.78 is 11.8. The lowest BCUT2D eigenvalue weighted by Gasteiger charge is -2.31. The van der Waals surface area contributed by atoms with Crippen LogP contribution < -0.4 is 17.1 Å². The van der Waals surface area contributed by atoms with Gasteiger partial charge in [-0.15, -0.1) is 0 Å². The third-order valence-electron chi connectivity index (χ3n) is 4.86. The Hall–Kier alpha value is -2.04. The van der Waals surface area contributed by atoms with Gasteiger partial charge in [-0.25, -0.2) is 0 Å². The SMILES string of the molecule is CN1CCC(OC(=O)C2c3ccccc3Oc3ccccc32)CC1.[Cl-]. The minimum absolute atomic E-state index is 0. The van der Waals surface area contributed by atoms with Gasteiger partial charge in [0.05, 0.1) is 0 Å². The Morgan fingerprint density at radius 1 is 1.00 bits per heavy atom. The second-order valence-electron chi connectivity index (χ2n) is 6.55. The fourth-order valence-electron chi connectivity index (χ4n) is 3.50. The van der Waals surface area contributed by atoms with E-state index in [1.165, 1.54) is 0 Å². The minimum Gasteiger partial charge on any atom is -1.00 e. The van der Waals surface area contributed by atoms with E-state index in [0.29, 0.717) is 0 Å². The smallest absolute Gasteiger partial charge is 0.318 e. The van der Waals surface area contributed by atoms with E-state index in [1.54, 1.807) is 0 Å². The predicted octanol–water partition coefficient (Wildman–Crippen LogP) is 0.566. The number of rotatable bonds is 2. The van der Waals surface area contributed by atoms with E-state index in [9.17, 15) is 4.79 Å². The number of esters is 1. The maximum Gasteiger partial charge on any atom is 0.318 e. The zero-order valence-electron chi connectivity index (χ0n) is 14.2. The van der Waals surface area contributed by atoms with Crippen LogP contribution in [-0.2, 0) is 9.53 Å². The summed E-state index contributed by atoms with van der Waals surface area (Å²) in [6.45, 7) is 1.94. The van der Waals surface area contributed by atoms with Crippen LogP contribution in [0.15, 0.2) is 48.5 Å². The first-order valence-corrected chi connectivity index (χ1v) is 8.47. The van der Waals surface area contributed by atoms with Gasteiger partial charge >= 0.3 is 5.97 Å². The Balaban J connectivity index is 0.00000182. The molecule has 0 spiro atoms. The molecule has 0 amide bonds. The Morgan fingerprint density at radius 3 is 2.08 bits per heavy atom. The van der Waals surface area contributed by atoms with Crippen molar-refractivity contribution >= 4 is 5.97 Å². The van der Waals surface area contributed by atoms with Gasteiger partial charge in [-0.2, -0.15) is 0 Å². The fraction of sp³-hybridized carbons (Fsp3) is 0.350. The summed E-state index contributed by atoms with van der Waals surface area (Å²) in [4.78, 5) is 15.2. The van der Waals surface area contributed by atoms with Gasteiger partial charge in [0.25, 0.3) is 0 Å². The van der Waals surface area contributed by atoms with Crippen LogP contribution in [0.2, 0.25) is 0 Å². The Morgan fingerprint density at radius 2 is 1.52 bits per heavy atom. The van der Waals surface area contributed by atoms with Crippen LogP contribution in [0, 0.1) is 0 Å². The van der Waals surface area contributed by atoms with E-state index in [4.69, 9.17) is 9.47 Å². The number of hydrogen-bond acceptors (Lipinski definition) is 4. The maximum atomic E-state index is 13.0. The molecule has 0 aromatic heterocycles. The van der Waals surface area contributed by atoms with Crippen molar-refractivity contribution in [2.75, 3.05) is 20.1 Å². The van der Waals surface area contributed by atoms with Crippen molar-refractivity contribution in [1.29, 1.82) is 0 Å². The average Bonchev–Trinajstić information content (AvgIpc) is 2.61. The van der Waals surface area contributed by atoms with Gasteiger partial charge < -0.3 is 26.8 Å². The van der Waals surface area contributed by atoms with Crippen LogP contribution in [0.5, 0.6) is 11.5 Å². The summed E-state index contributed by atoms with van der Waals surface area (Å²) in [6, 6.07) is 15.4. The molecule has 0 atom stereocenters. The van der Waals surface area contributed by atoms with Gasteiger partial charge in [0, 0.05) is 24.2 Å². The molecule has 0 unspecified atom stereocenters. The standard InChI is InChI=1S/C20H21NO3.ClH/c1-21-12-10-14(11-13-21)23-20(22)19-15-6-2-4-8-17(15)24-18-9-5-3-7-16(18)19;/h2-9,14,19H,10-13H2,1H3;1H/p-1. The van der Waals surface area contributed by atoms with Crippen molar-refractivity contribution in [1.82, 2.24) is 4.90 Å². The van der Waals surface area contributed by atoms with E-state index in [-0.39, 0.29) is 24.5 Å². The molecule has 5 heteroatoms. The summed E-state index contributed by atoms with van der Waals surface area (Å²) in [7, 11) is 2.10. The molecule has 2 aliphatic rings. The molecular weight excluding hydrogens is 338 g/mol. The van der Waals surface area contributed by atoms with Crippen LogP contribution in [0.3, 0.4) is 0 Å². The Labute approximate surface area is 154 Å². The molecule has 25 heavy (non-hydrogen) atoms. The highest BCUT2D eigenvalue weighted by atomic mass is 35.5. The molecule has 0 aliphatic carbocycles. The number of nitrogens with zero attached hydrogens (tertiary/aromatic N) is 1. The normalized spacial score (nSPS) is 17.6. The van der Waals surface area contributed by atoms with Crippen LogP contribution in [-0.4, -0.2) is 37.1 Å². The maximum absolute atomic E-state index is 13.0. The second kappa shape index (κ2) is 7.46. The van der Waals surface area contributed by atoms with Gasteiger partial charge in [-0.1, -0.05) is 36.4 Å². The van der Waals surface area contributed by atoms with E-state index in [2.05, 4.69) is 11.9 Å². The lowest BCUT2D eigenvalue weighted by atomic mass is 9.88. The molecule has 1 fully saturated rings. The quantitative estimate of drug-likeness (QED) is 0.736. The molecule has 2 aromatic carbocycles. The van der Waals surface area contributed by atoms with E-state index in [1.807, 2.05) is 48.5 Å². The minimum atomic E-state index is -0.411. The third-order valence-corrected chi connectivity index (χ3v) is 4.86. The summed E-state index contributed by atoms with van der Waals surface area (Å²) in [5, 5.41) is 0. The monoisotopic (exact) mass is 358 g/mol. The average molecular weight is 359 g/mol. The molecule has 132 valence electrons. The van der Waals surface area contributed by atoms with Crippen LogP contribution in [0.4, 0.5) is 0 Å². The van der Waals surface area contributed by atoms with E-state index in [0.717, 1.165) is 48.6 Å². The lowest BCUT2D eigenvalue weighted by Crippen LogP contribution is -3.00. The number of piperidine rings is 1. The van der Waals surface area contributed by atoms with E-state index >= 15 is 0 Å². The van der Waals surface area contributed by atoms with Crippen LogP contribution in [0.25, 0.3) is 0 Å². The second-order valence-corrected chi connectivity index (χ2v) is 6.55. The summed E-state index contributed by atoms with van der Waals surface area (Å²) >= 11 is 0. The molecule has 0 radical (unpaired) electrons. The zero-order chi connectivity index (χ0) is 16.5. The van der Waals surface area contributed by atoms with Crippen molar-refractivity contribution < 1.29 is 26.7 Å². The Bertz CT molecular complexity index is 711. The van der Waals surface area contributed by atoms with Crippen LogP contribution >= 0.6 is 0 Å². The summed E-state index contributed by atoms with van der Waals surface area (Å²) in [6.07, 6.45) is 1.81. The van der Waals surface area contributed by atoms with Gasteiger partial charge in [-0.05, 0) is 32.0 Å². The molecule has 4 rings (SSSR count). The number of halogens is 1. The van der Waals surface area contributed by atoms with Crippen molar-refractivity contribution in [2.45, 2.75) is 24.9 Å². The van der Waals surface area contributed by atoms with Crippen molar-refractivity contribution in [3.8, 4) is 11.5 Å². The predicted molar refractivity (Wildman–Crippen MR) is 91.4 cm³/mol. The number of hydrogen-bond donors (Lipinski definition) is 0. The number of carbonyl (C=O) groups excluding carboxylic acids is 1. The highest BCUT2D eigenvalue weighted by Gasteiger charge is 2.35. The van der Waals surface area contributed by atoms with Gasteiger partial charge in [0.2, 0.25) is 0 Å². The number of benzene rings is 2. The number of carbonyl (C=O) groups is 1. The number of likely N-dealkylation sites (tertiary alicyclic amines) is 1. The van der Waals surface area contributed by atoms with E-state index < -0.39 is 5.92 Å².